The zero-order valence-electron chi connectivity index (χ0n) is 12.8. The summed E-state index contributed by atoms with van der Waals surface area (Å²) in [4.78, 5) is 2.23. The van der Waals surface area contributed by atoms with Gasteiger partial charge in [0.15, 0.2) is 0 Å². The lowest BCUT2D eigenvalue weighted by Gasteiger charge is -2.27. The summed E-state index contributed by atoms with van der Waals surface area (Å²) in [5, 5.41) is 8.40. The fourth-order valence-electron chi connectivity index (χ4n) is 1.94. The highest BCUT2D eigenvalue weighted by atomic mass is 15.2. The second kappa shape index (κ2) is 7.98. The van der Waals surface area contributed by atoms with Crippen molar-refractivity contribution in [2.45, 2.75) is 40.5 Å². The van der Waals surface area contributed by atoms with Crippen LogP contribution in [-0.4, -0.2) is 23.8 Å². The lowest BCUT2D eigenvalue weighted by Crippen LogP contribution is -2.34. The van der Waals surface area contributed by atoms with Crippen LogP contribution >= 0.6 is 0 Å². The van der Waals surface area contributed by atoms with Gasteiger partial charge in [0.25, 0.3) is 0 Å². The first-order valence-electron chi connectivity index (χ1n) is 7.39. The van der Waals surface area contributed by atoms with Crippen molar-refractivity contribution in [1.82, 2.24) is 4.90 Å². The smallest absolute Gasteiger partial charge is 0.128 e. The first kappa shape index (κ1) is 15.7. The molecular weight excluding hydrogens is 232 g/mol. The van der Waals surface area contributed by atoms with Crippen LogP contribution in [0.3, 0.4) is 0 Å². The Morgan fingerprint density at radius 1 is 0.947 bits per heavy atom. The van der Waals surface area contributed by atoms with Gasteiger partial charge in [-0.2, -0.15) is 0 Å². The highest BCUT2D eigenvalue weighted by molar-refractivity contribution is 5.96. The summed E-state index contributed by atoms with van der Waals surface area (Å²) in [5.41, 5.74) is 1.02. The fraction of sp³-hybridized carbons (Fsp3) is 0.588. The summed E-state index contributed by atoms with van der Waals surface area (Å²) in [5.74, 6) is 2.04. The average molecular weight is 260 g/mol. The Kier molecular flexibility index (Phi) is 6.61. The summed E-state index contributed by atoms with van der Waals surface area (Å²) in [6, 6.07) is 10.1. The van der Waals surface area contributed by atoms with E-state index in [1.54, 1.807) is 0 Å². The molecule has 0 saturated heterocycles. The molecule has 0 amide bonds. The molecule has 0 fully saturated rings. The molecule has 0 heterocycles. The third-order valence-electron chi connectivity index (χ3n) is 3.32. The van der Waals surface area contributed by atoms with Gasteiger partial charge in [-0.3, -0.25) is 5.41 Å². The van der Waals surface area contributed by atoms with Gasteiger partial charge in [-0.1, -0.05) is 58.0 Å². The normalized spacial score (nSPS) is 11.1. The van der Waals surface area contributed by atoms with Crippen LogP contribution in [0.1, 0.15) is 46.1 Å². The van der Waals surface area contributed by atoms with Crippen LogP contribution in [0.5, 0.6) is 0 Å². The van der Waals surface area contributed by atoms with Crippen LogP contribution in [0.4, 0.5) is 0 Å². The van der Waals surface area contributed by atoms with Crippen LogP contribution in [0, 0.1) is 17.2 Å². The lowest BCUT2D eigenvalue weighted by molar-refractivity contribution is 0.353. The van der Waals surface area contributed by atoms with E-state index < -0.39 is 0 Å². The minimum atomic E-state index is 0.668. The van der Waals surface area contributed by atoms with E-state index in [1.165, 1.54) is 0 Å². The van der Waals surface area contributed by atoms with E-state index in [1.807, 2.05) is 30.3 Å². The molecule has 0 spiro atoms. The molecule has 0 saturated carbocycles. The van der Waals surface area contributed by atoms with E-state index in [9.17, 15) is 0 Å². The van der Waals surface area contributed by atoms with Crippen molar-refractivity contribution in [3.63, 3.8) is 0 Å². The van der Waals surface area contributed by atoms with E-state index in [-0.39, 0.29) is 0 Å². The molecule has 1 N–H and O–H groups in total. The fourth-order valence-corrected chi connectivity index (χ4v) is 1.94. The molecule has 0 atom stereocenters. The predicted molar refractivity (Wildman–Crippen MR) is 83.8 cm³/mol. The monoisotopic (exact) mass is 260 g/mol. The number of nitrogens with one attached hydrogen (secondary N) is 1. The van der Waals surface area contributed by atoms with Crippen molar-refractivity contribution < 1.29 is 0 Å². The molecule has 0 aromatic heterocycles. The van der Waals surface area contributed by atoms with Gasteiger partial charge in [0.05, 0.1) is 0 Å². The van der Waals surface area contributed by atoms with Crippen molar-refractivity contribution in [1.29, 1.82) is 5.41 Å². The number of rotatable bonds is 7. The second-order valence-electron chi connectivity index (χ2n) is 6.07. The molecule has 19 heavy (non-hydrogen) atoms. The number of hydrogen-bond acceptors (Lipinski definition) is 1. The Morgan fingerprint density at radius 3 is 1.84 bits per heavy atom. The Morgan fingerprint density at radius 2 is 1.42 bits per heavy atom. The molecule has 1 aromatic carbocycles. The maximum absolute atomic E-state index is 8.40. The van der Waals surface area contributed by atoms with Crippen LogP contribution < -0.4 is 0 Å². The lowest BCUT2D eigenvalue weighted by atomic mass is 10.1. The van der Waals surface area contributed by atoms with Gasteiger partial charge < -0.3 is 4.90 Å². The van der Waals surface area contributed by atoms with Crippen molar-refractivity contribution in [2.24, 2.45) is 11.8 Å². The number of benzene rings is 1. The largest absolute Gasteiger partial charge is 0.357 e. The van der Waals surface area contributed by atoms with Crippen LogP contribution in [0.15, 0.2) is 30.3 Å². The summed E-state index contributed by atoms with van der Waals surface area (Å²) >= 11 is 0. The predicted octanol–water partition coefficient (Wildman–Crippen LogP) is 4.41. The quantitative estimate of drug-likeness (QED) is 0.570. The van der Waals surface area contributed by atoms with E-state index in [4.69, 9.17) is 5.41 Å². The van der Waals surface area contributed by atoms with Gasteiger partial charge in [0.1, 0.15) is 5.84 Å². The van der Waals surface area contributed by atoms with E-state index >= 15 is 0 Å². The van der Waals surface area contributed by atoms with Gasteiger partial charge >= 0.3 is 0 Å². The Balaban J connectivity index is 2.68. The summed E-state index contributed by atoms with van der Waals surface area (Å²) in [6.07, 6.45) is 2.29. The Hall–Kier alpha value is -1.31. The van der Waals surface area contributed by atoms with Crippen molar-refractivity contribution in [3.8, 4) is 0 Å². The first-order chi connectivity index (χ1) is 9.00. The molecule has 106 valence electrons. The van der Waals surface area contributed by atoms with Gasteiger partial charge in [0.2, 0.25) is 0 Å². The van der Waals surface area contributed by atoms with Crippen LogP contribution in [-0.2, 0) is 0 Å². The molecule has 2 nitrogen and oxygen atoms in total. The maximum Gasteiger partial charge on any atom is 0.128 e. The molecule has 0 aliphatic carbocycles. The summed E-state index contributed by atoms with van der Waals surface area (Å²) < 4.78 is 0. The van der Waals surface area contributed by atoms with Crippen LogP contribution in [0.2, 0.25) is 0 Å². The van der Waals surface area contributed by atoms with E-state index in [2.05, 4.69) is 32.6 Å². The Labute approximate surface area is 118 Å². The summed E-state index contributed by atoms with van der Waals surface area (Å²) in [6.45, 7) is 10.9. The third-order valence-corrected chi connectivity index (χ3v) is 3.32. The molecule has 1 aromatic rings. The van der Waals surface area contributed by atoms with E-state index in [0.29, 0.717) is 17.7 Å². The highest BCUT2D eigenvalue weighted by Crippen LogP contribution is 2.11. The van der Waals surface area contributed by atoms with Gasteiger partial charge in [-0.05, 0) is 24.7 Å². The molecule has 0 bridgehead atoms. The van der Waals surface area contributed by atoms with Gasteiger partial charge in [0, 0.05) is 18.7 Å². The van der Waals surface area contributed by atoms with Crippen molar-refractivity contribution >= 4 is 5.84 Å². The standard InChI is InChI=1S/C17H28N2/c1-14(2)10-12-19(13-11-15(3)4)17(18)16-8-6-5-7-9-16/h5-9,14-15,18H,10-13H2,1-4H3. The van der Waals surface area contributed by atoms with Crippen molar-refractivity contribution in [3.05, 3.63) is 35.9 Å². The number of nitrogens with zero attached hydrogens (tertiary/aromatic N) is 1. The molecule has 0 aliphatic rings. The summed E-state index contributed by atoms with van der Waals surface area (Å²) in [7, 11) is 0. The molecule has 1 rings (SSSR count). The van der Waals surface area contributed by atoms with Crippen molar-refractivity contribution in [2.75, 3.05) is 13.1 Å². The van der Waals surface area contributed by atoms with Crippen LogP contribution in [0.25, 0.3) is 0 Å². The zero-order chi connectivity index (χ0) is 14.3. The van der Waals surface area contributed by atoms with E-state index in [0.717, 1.165) is 31.5 Å². The topological polar surface area (TPSA) is 27.1 Å². The maximum atomic E-state index is 8.40. The minimum absolute atomic E-state index is 0.668. The minimum Gasteiger partial charge on any atom is -0.357 e. The average Bonchev–Trinajstić information content (AvgIpc) is 2.38. The highest BCUT2D eigenvalue weighted by Gasteiger charge is 2.12. The van der Waals surface area contributed by atoms with Gasteiger partial charge in [-0.15, -0.1) is 0 Å². The third kappa shape index (κ3) is 5.91. The molecule has 0 radical (unpaired) electrons. The molecular formula is C17H28N2. The molecule has 0 unspecified atom stereocenters. The van der Waals surface area contributed by atoms with Gasteiger partial charge in [-0.25, -0.2) is 0 Å². The SMILES string of the molecule is CC(C)CCN(CCC(C)C)C(=N)c1ccccc1. The Bertz CT molecular complexity index is 356. The first-order valence-corrected chi connectivity index (χ1v) is 7.39. The molecule has 2 heteroatoms. The number of amidine groups is 1. The second-order valence-corrected chi connectivity index (χ2v) is 6.07. The molecule has 0 aliphatic heterocycles. The zero-order valence-corrected chi connectivity index (χ0v) is 12.8. The number of hydrogen-bond donors (Lipinski definition) is 1.